The number of fused-ring (bicyclic) bond motifs is 1. The SMILES string of the molecule is COCC(=O)Nc1cnc2ccccc2c1NCC(C)(C)O.Cl. The third-order valence-corrected chi connectivity index (χ3v) is 3.02. The lowest BCUT2D eigenvalue weighted by molar-refractivity contribution is -0.119. The maximum atomic E-state index is 11.8. The van der Waals surface area contributed by atoms with Gasteiger partial charge in [0.15, 0.2) is 0 Å². The highest BCUT2D eigenvalue weighted by molar-refractivity contribution is 6.03. The van der Waals surface area contributed by atoms with E-state index in [9.17, 15) is 9.90 Å². The summed E-state index contributed by atoms with van der Waals surface area (Å²) in [6, 6.07) is 7.62. The fourth-order valence-corrected chi connectivity index (χ4v) is 2.05. The first-order valence-corrected chi connectivity index (χ1v) is 7.03. The summed E-state index contributed by atoms with van der Waals surface area (Å²) in [4.78, 5) is 16.1. The van der Waals surface area contributed by atoms with Crippen LogP contribution >= 0.6 is 12.4 Å². The second kappa shape index (κ2) is 8.10. The van der Waals surface area contributed by atoms with E-state index >= 15 is 0 Å². The summed E-state index contributed by atoms with van der Waals surface area (Å²) >= 11 is 0. The molecule has 0 aliphatic heterocycles. The Labute approximate surface area is 141 Å². The predicted octanol–water partition coefficient (Wildman–Crippen LogP) is 2.42. The highest BCUT2D eigenvalue weighted by Crippen LogP contribution is 2.30. The number of nitrogens with zero attached hydrogens (tertiary/aromatic N) is 1. The van der Waals surface area contributed by atoms with Gasteiger partial charge in [-0.1, -0.05) is 18.2 Å². The summed E-state index contributed by atoms with van der Waals surface area (Å²) < 4.78 is 4.82. The molecule has 3 N–H and O–H groups in total. The molecule has 0 saturated heterocycles. The van der Waals surface area contributed by atoms with Crippen LogP contribution in [0.2, 0.25) is 0 Å². The lowest BCUT2D eigenvalue weighted by Crippen LogP contribution is -2.30. The first-order chi connectivity index (χ1) is 10.4. The van der Waals surface area contributed by atoms with Gasteiger partial charge in [0.1, 0.15) is 6.61 Å². The highest BCUT2D eigenvalue weighted by Gasteiger charge is 2.16. The Bertz CT molecular complexity index is 671. The van der Waals surface area contributed by atoms with Crippen LogP contribution < -0.4 is 10.6 Å². The number of carbonyl (C=O) groups excluding carboxylic acids is 1. The molecule has 0 aliphatic carbocycles. The van der Waals surface area contributed by atoms with Gasteiger partial charge in [-0.2, -0.15) is 0 Å². The van der Waals surface area contributed by atoms with E-state index in [0.717, 1.165) is 16.6 Å². The lowest BCUT2D eigenvalue weighted by atomic mass is 10.1. The Balaban J connectivity index is 0.00000264. The highest BCUT2D eigenvalue weighted by atomic mass is 35.5. The number of ether oxygens (including phenoxy) is 1. The molecule has 0 saturated carbocycles. The zero-order valence-electron chi connectivity index (χ0n) is 13.4. The molecular formula is C16H22ClN3O3. The van der Waals surface area contributed by atoms with E-state index in [2.05, 4.69) is 15.6 Å². The van der Waals surface area contributed by atoms with E-state index in [1.54, 1.807) is 20.0 Å². The summed E-state index contributed by atoms with van der Waals surface area (Å²) in [6.45, 7) is 3.74. The van der Waals surface area contributed by atoms with Crippen molar-refractivity contribution in [2.45, 2.75) is 19.4 Å². The van der Waals surface area contributed by atoms with Gasteiger partial charge in [0.25, 0.3) is 0 Å². The molecule has 2 aromatic rings. The van der Waals surface area contributed by atoms with Crippen LogP contribution in [0.3, 0.4) is 0 Å². The lowest BCUT2D eigenvalue weighted by Gasteiger charge is -2.21. The molecule has 0 atom stereocenters. The number of para-hydroxylation sites is 1. The van der Waals surface area contributed by atoms with Crippen LogP contribution in [0.15, 0.2) is 30.5 Å². The van der Waals surface area contributed by atoms with E-state index in [1.807, 2.05) is 24.3 Å². The van der Waals surface area contributed by atoms with Crippen molar-refractivity contribution in [2.24, 2.45) is 0 Å². The van der Waals surface area contributed by atoms with E-state index < -0.39 is 5.60 Å². The first kappa shape index (κ1) is 19.2. The Hall–Kier alpha value is -1.89. The topological polar surface area (TPSA) is 83.5 Å². The van der Waals surface area contributed by atoms with Crippen LogP contribution in [0.4, 0.5) is 11.4 Å². The normalized spacial score (nSPS) is 11.0. The predicted molar refractivity (Wildman–Crippen MR) is 94.3 cm³/mol. The van der Waals surface area contributed by atoms with Crippen LogP contribution in [0, 0.1) is 0 Å². The number of aliphatic hydroxyl groups is 1. The maximum Gasteiger partial charge on any atom is 0.250 e. The number of hydrogen-bond acceptors (Lipinski definition) is 5. The second-order valence-electron chi connectivity index (χ2n) is 5.71. The Morgan fingerprint density at radius 3 is 2.70 bits per heavy atom. The molecule has 6 nitrogen and oxygen atoms in total. The third kappa shape index (κ3) is 5.35. The fraction of sp³-hybridized carbons (Fsp3) is 0.375. The van der Waals surface area contributed by atoms with Crippen molar-refractivity contribution in [3.8, 4) is 0 Å². The number of nitrogens with one attached hydrogen (secondary N) is 2. The zero-order chi connectivity index (χ0) is 16.2. The van der Waals surface area contributed by atoms with Crippen LogP contribution in [0.1, 0.15) is 13.8 Å². The Kier molecular flexibility index (Phi) is 6.75. The van der Waals surface area contributed by atoms with Crippen molar-refractivity contribution in [1.82, 2.24) is 4.98 Å². The quantitative estimate of drug-likeness (QED) is 0.752. The van der Waals surface area contributed by atoms with Gasteiger partial charge in [0.2, 0.25) is 5.91 Å². The van der Waals surface area contributed by atoms with E-state index in [0.29, 0.717) is 12.2 Å². The zero-order valence-corrected chi connectivity index (χ0v) is 14.2. The number of benzene rings is 1. The number of carbonyl (C=O) groups is 1. The Morgan fingerprint density at radius 1 is 1.35 bits per heavy atom. The van der Waals surface area contributed by atoms with Crippen molar-refractivity contribution < 1.29 is 14.6 Å². The minimum absolute atomic E-state index is 0. The van der Waals surface area contributed by atoms with Crippen LogP contribution in [0.5, 0.6) is 0 Å². The molecule has 1 amide bonds. The molecule has 0 aliphatic rings. The number of aromatic nitrogens is 1. The van der Waals surface area contributed by atoms with Gasteiger partial charge in [0, 0.05) is 19.0 Å². The van der Waals surface area contributed by atoms with Crippen molar-refractivity contribution in [3.63, 3.8) is 0 Å². The molecule has 0 fully saturated rings. The molecule has 0 radical (unpaired) electrons. The van der Waals surface area contributed by atoms with Gasteiger partial charge in [-0.25, -0.2) is 0 Å². The summed E-state index contributed by atoms with van der Waals surface area (Å²) in [5.74, 6) is -0.258. The summed E-state index contributed by atoms with van der Waals surface area (Å²) in [5, 5.41) is 16.8. The van der Waals surface area contributed by atoms with Gasteiger partial charge in [-0.3, -0.25) is 9.78 Å². The number of rotatable bonds is 6. The molecule has 0 unspecified atom stereocenters. The van der Waals surface area contributed by atoms with Gasteiger partial charge >= 0.3 is 0 Å². The van der Waals surface area contributed by atoms with Crippen LogP contribution in [-0.2, 0) is 9.53 Å². The average Bonchev–Trinajstić information content (AvgIpc) is 2.45. The molecule has 126 valence electrons. The van der Waals surface area contributed by atoms with Crippen molar-refractivity contribution in [1.29, 1.82) is 0 Å². The number of anilines is 2. The van der Waals surface area contributed by atoms with Crippen molar-refractivity contribution >= 4 is 40.6 Å². The molecule has 0 spiro atoms. The van der Waals surface area contributed by atoms with Crippen LogP contribution in [-0.4, -0.2) is 41.9 Å². The Morgan fingerprint density at radius 2 is 2.04 bits per heavy atom. The van der Waals surface area contributed by atoms with Crippen LogP contribution in [0.25, 0.3) is 10.9 Å². The third-order valence-electron chi connectivity index (χ3n) is 3.02. The van der Waals surface area contributed by atoms with Gasteiger partial charge in [-0.05, 0) is 19.9 Å². The number of amides is 1. The molecular weight excluding hydrogens is 318 g/mol. The summed E-state index contributed by atoms with van der Waals surface area (Å²) in [7, 11) is 1.46. The largest absolute Gasteiger partial charge is 0.389 e. The number of methoxy groups -OCH3 is 1. The number of pyridine rings is 1. The van der Waals surface area contributed by atoms with Crippen molar-refractivity contribution in [3.05, 3.63) is 30.5 Å². The average molecular weight is 340 g/mol. The van der Waals surface area contributed by atoms with E-state index in [1.165, 1.54) is 7.11 Å². The van der Waals surface area contributed by atoms with E-state index in [4.69, 9.17) is 4.74 Å². The molecule has 1 aromatic heterocycles. The smallest absolute Gasteiger partial charge is 0.250 e. The standard InChI is InChI=1S/C16H21N3O3.ClH/c1-16(2,21)10-18-15-11-6-4-5-7-12(11)17-8-13(15)19-14(20)9-22-3;/h4-8,21H,9-10H2,1-3H3,(H,17,18)(H,19,20);1H. The minimum atomic E-state index is -0.877. The number of hydrogen-bond donors (Lipinski definition) is 3. The van der Waals surface area contributed by atoms with Gasteiger partial charge < -0.3 is 20.5 Å². The summed E-state index contributed by atoms with van der Waals surface area (Å²) in [5.41, 5.74) is 1.23. The maximum absolute atomic E-state index is 11.8. The molecule has 23 heavy (non-hydrogen) atoms. The monoisotopic (exact) mass is 339 g/mol. The van der Waals surface area contributed by atoms with Gasteiger partial charge in [-0.15, -0.1) is 12.4 Å². The van der Waals surface area contributed by atoms with Gasteiger partial charge in [0.05, 0.1) is 28.7 Å². The first-order valence-electron chi connectivity index (χ1n) is 7.03. The summed E-state index contributed by atoms with van der Waals surface area (Å²) in [6.07, 6.45) is 1.60. The number of halogens is 1. The minimum Gasteiger partial charge on any atom is -0.389 e. The molecule has 1 heterocycles. The fourth-order valence-electron chi connectivity index (χ4n) is 2.05. The van der Waals surface area contributed by atoms with Crippen molar-refractivity contribution in [2.75, 3.05) is 30.9 Å². The molecule has 1 aromatic carbocycles. The molecule has 2 rings (SSSR count). The molecule has 7 heteroatoms. The van der Waals surface area contributed by atoms with E-state index in [-0.39, 0.29) is 24.9 Å². The second-order valence-corrected chi connectivity index (χ2v) is 5.71. The molecule has 0 bridgehead atoms.